The predicted molar refractivity (Wildman–Crippen MR) is 128 cm³/mol. The minimum Gasteiger partial charge on any atom is -0.481 e. The standard InChI is InChI=1S/C26H51NO2/c1-4-5-6-18-21-25(24-27(2)3)22-19-16-14-12-10-8-7-9-11-13-15-17-20-23-26(28)29/h9,11,25H,4-8,10,12-24H2,1-3H3,(H,28,29)/b11-9-. The zero-order valence-corrected chi connectivity index (χ0v) is 20.0. The van der Waals surface area contributed by atoms with Crippen molar-refractivity contribution in [2.45, 2.75) is 122 Å². The lowest BCUT2D eigenvalue weighted by atomic mass is 9.94. The van der Waals surface area contributed by atoms with E-state index < -0.39 is 5.97 Å². The monoisotopic (exact) mass is 409 g/mol. The first-order valence-electron chi connectivity index (χ1n) is 12.6. The molecule has 1 N–H and O–H groups in total. The number of rotatable bonds is 22. The van der Waals surface area contributed by atoms with Crippen LogP contribution in [0.4, 0.5) is 0 Å². The molecule has 0 aliphatic heterocycles. The number of hydrogen-bond donors (Lipinski definition) is 1. The SMILES string of the molecule is CCCCCCC(CCCCCCCC/C=C\CCCCCC(=O)O)CN(C)C. The first-order chi connectivity index (χ1) is 14.1. The smallest absolute Gasteiger partial charge is 0.303 e. The molecule has 0 saturated carbocycles. The molecule has 0 aromatic rings. The highest BCUT2D eigenvalue weighted by Gasteiger charge is 2.09. The van der Waals surface area contributed by atoms with Crippen molar-refractivity contribution >= 4 is 5.97 Å². The molecular formula is C26H51NO2. The molecule has 172 valence electrons. The lowest BCUT2D eigenvalue weighted by molar-refractivity contribution is -0.137. The lowest BCUT2D eigenvalue weighted by Crippen LogP contribution is -2.21. The molecule has 0 amide bonds. The first-order valence-corrected chi connectivity index (χ1v) is 12.6. The number of carbonyl (C=O) groups is 1. The fourth-order valence-corrected chi connectivity index (χ4v) is 4.06. The van der Waals surface area contributed by atoms with E-state index in [1.807, 2.05) is 0 Å². The molecule has 0 radical (unpaired) electrons. The average Bonchev–Trinajstić information content (AvgIpc) is 2.67. The van der Waals surface area contributed by atoms with Gasteiger partial charge in [-0.25, -0.2) is 0 Å². The molecule has 1 atom stereocenters. The Kier molecular flexibility index (Phi) is 21.2. The summed E-state index contributed by atoms with van der Waals surface area (Å²) in [6.07, 6.45) is 26.9. The summed E-state index contributed by atoms with van der Waals surface area (Å²) < 4.78 is 0. The second-order valence-electron chi connectivity index (χ2n) is 9.14. The molecule has 3 nitrogen and oxygen atoms in total. The van der Waals surface area contributed by atoms with Gasteiger partial charge in [0.25, 0.3) is 0 Å². The molecule has 1 unspecified atom stereocenters. The molecule has 0 fully saturated rings. The van der Waals surface area contributed by atoms with Crippen LogP contribution in [-0.2, 0) is 4.79 Å². The van der Waals surface area contributed by atoms with Crippen molar-refractivity contribution in [2.24, 2.45) is 5.92 Å². The molecule has 0 heterocycles. The number of allylic oxidation sites excluding steroid dienone is 2. The van der Waals surface area contributed by atoms with Crippen LogP contribution in [0.5, 0.6) is 0 Å². The van der Waals surface area contributed by atoms with Gasteiger partial charge in [-0.2, -0.15) is 0 Å². The van der Waals surface area contributed by atoms with E-state index in [4.69, 9.17) is 5.11 Å². The minimum absolute atomic E-state index is 0.318. The van der Waals surface area contributed by atoms with Gasteiger partial charge in [-0.3, -0.25) is 4.79 Å². The van der Waals surface area contributed by atoms with E-state index in [1.165, 1.54) is 90.0 Å². The maximum Gasteiger partial charge on any atom is 0.303 e. The number of carboxylic acids is 1. The second kappa shape index (κ2) is 21.9. The lowest BCUT2D eigenvalue weighted by Gasteiger charge is -2.21. The topological polar surface area (TPSA) is 40.5 Å². The van der Waals surface area contributed by atoms with E-state index in [1.54, 1.807) is 0 Å². The van der Waals surface area contributed by atoms with E-state index in [2.05, 4.69) is 38.1 Å². The number of nitrogens with zero attached hydrogens (tertiary/aromatic N) is 1. The number of carboxylic acid groups (broad SMARTS) is 1. The van der Waals surface area contributed by atoms with Crippen molar-refractivity contribution in [1.82, 2.24) is 4.90 Å². The summed E-state index contributed by atoms with van der Waals surface area (Å²) in [5.74, 6) is 0.229. The molecule has 0 bridgehead atoms. The quantitative estimate of drug-likeness (QED) is 0.146. The van der Waals surface area contributed by atoms with Gasteiger partial charge in [0, 0.05) is 13.0 Å². The summed E-state index contributed by atoms with van der Waals surface area (Å²) >= 11 is 0. The maximum absolute atomic E-state index is 10.4. The summed E-state index contributed by atoms with van der Waals surface area (Å²) in [5, 5.41) is 8.59. The van der Waals surface area contributed by atoms with Gasteiger partial charge in [-0.1, -0.05) is 83.3 Å². The third-order valence-corrected chi connectivity index (χ3v) is 5.75. The highest BCUT2D eigenvalue weighted by molar-refractivity contribution is 5.66. The molecule has 0 rings (SSSR count). The van der Waals surface area contributed by atoms with Crippen LogP contribution in [0.25, 0.3) is 0 Å². The Morgan fingerprint density at radius 1 is 0.759 bits per heavy atom. The fraction of sp³-hybridized carbons (Fsp3) is 0.885. The summed E-state index contributed by atoms with van der Waals surface area (Å²) in [5.41, 5.74) is 0. The zero-order chi connectivity index (χ0) is 21.6. The number of hydrogen-bond acceptors (Lipinski definition) is 2. The fourth-order valence-electron chi connectivity index (χ4n) is 4.06. The predicted octanol–water partition coefficient (Wildman–Crippen LogP) is 7.85. The van der Waals surface area contributed by atoms with Crippen molar-refractivity contribution in [3.05, 3.63) is 12.2 Å². The molecule has 0 aromatic carbocycles. The number of unbranched alkanes of at least 4 members (excludes halogenated alkanes) is 12. The molecule has 0 aromatic heterocycles. The third kappa shape index (κ3) is 23.3. The molecule has 0 aliphatic rings. The normalized spacial score (nSPS) is 12.8. The van der Waals surface area contributed by atoms with Crippen LogP contribution in [-0.4, -0.2) is 36.6 Å². The van der Waals surface area contributed by atoms with E-state index in [0.717, 1.165) is 31.6 Å². The third-order valence-electron chi connectivity index (χ3n) is 5.75. The van der Waals surface area contributed by atoms with Gasteiger partial charge in [0.2, 0.25) is 0 Å². The van der Waals surface area contributed by atoms with Crippen LogP contribution in [0, 0.1) is 5.92 Å². The van der Waals surface area contributed by atoms with Crippen LogP contribution < -0.4 is 0 Å². The highest BCUT2D eigenvalue weighted by Crippen LogP contribution is 2.19. The van der Waals surface area contributed by atoms with Crippen LogP contribution in [0.15, 0.2) is 12.2 Å². The van der Waals surface area contributed by atoms with E-state index in [0.29, 0.717) is 6.42 Å². The van der Waals surface area contributed by atoms with Crippen molar-refractivity contribution in [3.8, 4) is 0 Å². The Balaban J connectivity index is 3.48. The van der Waals surface area contributed by atoms with Crippen LogP contribution in [0.1, 0.15) is 122 Å². The summed E-state index contributed by atoms with van der Waals surface area (Å²) in [6.45, 7) is 3.55. The molecule has 0 aliphatic carbocycles. The Hall–Kier alpha value is -0.830. The van der Waals surface area contributed by atoms with Crippen molar-refractivity contribution in [1.29, 1.82) is 0 Å². The Labute approximate surface area is 182 Å². The second-order valence-corrected chi connectivity index (χ2v) is 9.14. The van der Waals surface area contributed by atoms with Crippen LogP contribution in [0.2, 0.25) is 0 Å². The van der Waals surface area contributed by atoms with Gasteiger partial charge in [0.05, 0.1) is 0 Å². The van der Waals surface area contributed by atoms with Crippen molar-refractivity contribution < 1.29 is 9.90 Å². The van der Waals surface area contributed by atoms with Crippen molar-refractivity contribution in [2.75, 3.05) is 20.6 Å². The molecule has 3 heteroatoms. The Morgan fingerprint density at radius 2 is 1.24 bits per heavy atom. The Bertz CT molecular complexity index is 379. The largest absolute Gasteiger partial charge is 0.481 e. The molecular weight excluding hydrogens is 358 g/mol. The van der Waals surface area contributed by atoms with E-state index >= 15 is 0 Å². The average molecular weight is 410 g/mol. The molecule has 0 spiro atoms. The van der Waals surface area contributed by atoms with Gasteiger partial charge in [0.15, 0.2) is 0 Å². The first kappa shape index (κ1) is 28.2. The van der Waals surface area contributed by atoms with E-state index in [9.17, 15) is 4.79 Å². The Morgan fingerprint density at radius 3 is 1.76 bits per heavy atom. The van der Waals surface area contributed by atoms with Crippen LogP contribution in [0.3, 0.4) is 0 Å². The van der Waals surface area contributed by atoms with Gasteiger partial charge in [-0.05, 0) is 65.0 Å². The van der Waals surface area contributed by atoms with Gasteiger partial charge < -0.3 is 10.0 Å². The highest BCUT2D eigenvalue weighted by atomic mass is 16.4. The van der Waals surface area contributed by atoms with E-state index in [-0.39, 0.29) is 0 Å². The summed E-state index contributed by atoms with van der Waals surface area (Å²) in [7, 11) is 4.43. The zero-order valence-electron chi connectivity index (χ0n) is 20.0. The van der Waals surface area contributed by atoms with Gasteiger partial charge in [0.1, 0.15) is 0 Å². The van der Waals surface area contributed by atoms with Crippen LogP contribution >= 0.6 is 0 Å². The number of aliphatic carboxylic acids is 1. The summed E-state index contributed by atoms with van der Waals surface area (Å²) in [4.78, 5) is 12.8. The maximum atomic E-state index is 10.4. The molecule has 29 heavy (non-hydrogen) atoms. The summed E-state index contributed by atoms with van der Waals surface area (Å²) in [6, 6.07) is 0. The van der Waals surface area contributed by atoms with Gasteiger partial charge in [-0.15, -0.1) is 0 Å². The minimum atomic E-state index is -0.670. The molecule has 0 saturated heterocycles. The van der Waals surface area contributed by atoms with Crippen molar-refractivity contribution in [3.63, 3.8) is 0 Å². The van der Waals surface area contributed by atoms with Gasteiger partial charge >= 0.3 is 5.97 Å².